The Morgan fingerprint density at radius 3 is 1.37 bits per heavy atom. The first-order valence-corrected chi connectivity index (χ1v) is 33.7. The van der Waals surface area contributed by atoms with E-state index in [2.05, 4.69) is 66.9 Å². The lowest BCUT2D eigenvalue weighted by molar-refractivity contribution is 0.131. The molecular formula is C62H90ClN11O11S2. The summed E-state index contributed by atoms with van der Waals surface area (Å²) >= 11 is 0. The van der Waals surface area contributed by atoms with Crippen molar-refractivity contribution >= 4 is 53.2 Å². The SMILES string of the molecule is C1CCOC1.CCN(CC)CC.COc1ccc(CN2CCC(N(C)C(=O)n3cnc(-c4cccc(N)c4)c3)CC2)cc1OC.COc1ccc(CN2CCC(N(C)C(=O)n3cnc(-c4cccc(NS(C)(=O)=O)c4)c3)CC2)cc1OC.CS(=O)(=O)Cl. The Morgan fingerprint density at radius 2 is 1.02 bits per heavy atom. The normalized spacial score (nSPS) is 14.8. The van der Waals surface area contributed by atoms with E-state index in [-0.39, 0.29) is 24.1 Å². The molecule has 3 fully saturated rings. The number of carbonyl (C=O) groups excluding carboxylic acids is 2. The molecule has 0 spiro atoms. The van der Waals surface area contributed by atoms with E-state index in [4.69, 9.17) is 29.4 Å². The summed E-state index contributed by atoms with van der Waals surface area (Å²) in [7, 11) is 8.17. The fourth-order valence-electron chi connectivity index (χ4n) is 10.1. The molecule has 0 unspecified atom stereocenters. The first-order chi connectivity index (χ1) is 41.5. The third-order valence-electron chi connectivity index (χ3n) is 14.9. The highest BCUT2D eigenvalue weighted by molar-refractivity contribution is 8.13. The summed E-state index contributed by atoms with van der Waals surface area (Å²) in [6, 6.07) is 26.5. The lowest BCUT2D eigenvalue weighted by Gasteiger charge is -2.36. The van der Waals surface area contributed by atoms with Crippen LogP contribution in [-0.4, -0.2) is 199 Å². The molecule has 0 radical (unpaired) electrons. The molecule has 478 valence electrons. The molecule has 3 aliphatic heterocycles. The second-order valence-corrected chi connectivity index (χ2v) is 26.0. The second-order valence-electron chi connectivity index (χ2n) is 21.2. The number of benzene rings is 4. The van der Waals surface area contributed by atoms with Gasteiger partial charge in [-0.25, -0.2) is 36.4 Å². The molecule has 3 N–H and O–H groups in total. The average molecular weight is 1270 g/mol. The van der Waals surface area contributed by atoms with Crippen LogP contribution in [0.3, 0.4) is 0 Å². The van der Waals surface area contributed by atoms with Crippen molar-refractivity contribution in [3.8, 4) is 45.5 Å². The summed E-state index contributed by atoms with van der Waals surface area (Å²) in [5.41, 5.74) is 12.2. The van der Waals surface area contributed by atoms with Crippen molar-refractivity contribution in [2.24, 2.45) is 0 Å². The van der Waals surface area contributed by atoms with E-state index < -0.39 is 19.1 Å². The molecule has 0 atom stereocenters. The molecule has 0 aliphatic carbocycles. The number of carbonyl (C=O) groups is 2. The van der Waals surface area contributed by atoms with Gasteiger partial charge in [0.2, 0.25) is 19.1 Å². The van der Waals surface area contributed by atoms with E-state index >= 15 is 0 Å². The van der Waals surface area contributed by atoms with Gasteiger partial charge in [0.15, 0.2) is 23.0 Å². The van der Waals surface area contributed by atoms with Crippen LogP contribution >= 0.6 is 10.7 Å². The number of likely N-dealkylation sites (tertiary alicyclic amines) is 2. The van der Waals surface area contributed by atoms with E-state index in [1.807, 2.05) is 79.7 Å². The minimum Gasteiger partial charge on any atom is -0.493 e. The fraction of sp³-hybridized carbons (Fsp3) is 0.484. The first-order valence-electron chi connectivity index (χ1n) is 29.1. The quantitative estimate of drug-likeness (QED) is 0.0638. The summed E-state index contributed by atoms with van der Waals surface area (Å²) in [5, 5.41) is 0. The largest absolute Gasteiger partial charge is 0.493 e. The number of anilines is 2. The molecule has 4 aromatic carbocycles. The van der Waals surface area contributed by atoms with E-state index in [0.29, 0.717) is 28.4 Å². The van der Waals surface area contributed by atoms with Crippen LogP contribution in [0.15, 0.2) is 110 Å². The number of piperidine rings is 2. The number of nitrogen functional groups attached to an aromatic ring is 1. The van der Waals surface area contributed by atoms with Crippen LogP contribution in [0.5, 0.6) is 23.0 Å². The van der Waals surface area contributed by atoms with Crippen molar-refractivity contribution in [3.63, 3.8) is 0 Å². The Bertz CT molecular complexity index is 3290. The third-order valence-corrected chi connectivity index (χ3v) is 15.5. The number of aromatic nitrogens is 4. The third kappa shape index (κ3) is 23.6. The minimum absolute atomic E-state index is 0.0732. The lowest BCUT2D eigenvalue weighted by atomic mass is 10.0. The predicted octanol–water partition coefficient (Wildman–Crippen LogP) is 9.55. The zero-order chi connectivity index (χ0) is 63.7. The Hall–Kier alpha value is -6.93. The Morgan fingerprint density at radius 1 is 0.621 bits per heavy atom. The Balaban J connectivity index is 0.000000250. The molecule has 5 heterocycles. The number of hydrogen-bond donors (Lipinski definition) is 2. The lowest BCUT2D eigenvalue weighted by Crippen LogP contribution is -2.46. The number of imidazole rings is 2. The number of sulfonamides is 1. The van der Waals surface area contributed by atoms with Crippen molar-refractivity contribution in [2.45, 2.75) is 84.5 Å². The van der Waals surface area contributed by atoms with Gasteiger partial charge in [-0.3, -0.25) is 23.7 Å². The number of ether oxygens (including phenoxy) is 5. The Kier molecular flexibility index (Phi) is 28.6. The van der Waals surface area contributed by atoms with Crippen molar-refractivity contribution in [3.05, 3.63) is 121 Å². The fourth-order valence-corrected chi connectivity index (χ4v) is 10.6. The van der Waals surface area contributed by atoms with Crippen molar-refractivity contribution in [1.82, 2.24) is 43.6 Å². The highest BCUT2D eigenvalue weighted by Crippen LogP contribution is 2.31. The van der Waals surface area contributed by atoms with Gasteiger partial charge in [0.1, 0.15) is 12.7 Å². The summed E-state index contributed by atoms with van der Waals surface area (Å²) in [4.78, 5) is 45.7. The average Bonchev–Trinajstić information content (AvgIpc) is 2.57. The predicted molar refractivity (Wildman–Crippen MR) is 345 cm³/mol. The zero-order valence-electron chi connectivity index (χ0n) is 52.4. The summed E-state index contributed by atoms with van der Waals surface area (Å²) < 4.78 is 73.8. The number of rotatable bonds is 17. The summed E-state index contributed by atoms with van der Waals surface area (Å²) in [6.45, 7) is 17.4. The van der Waals surface area contributed by atoms with Crippen LogP contribution in [0, 0.1) is 0 Å². The van der Waals surface area contributed by atoms with Gasteiger partial charge in [-0.2, -0.15) is 0 Å². The minimum atomic E-state index is -3.39. The zero-order valence-corrected chi connectivity index (χ0v) is 54.7. The topological polar surface area (TPSA) is 238 Å². The first kappa shape index (κ1) is 70.8. The van der Waals surface area contributed by atoms with Crippen LogP contribution in [0.4, 0.5) is 21.0 Å². The van der Waals surface area contributed by atoms with Gasteiger partial charge >= 0.3 is 12.1 Å². The van der Waals surface area contributed by atoms with E-state index in [1.165, 1.54) is 48.9 Å². The van der Waals surface area contributed by atoms with Gasteiger partial charge in [-0.1, -0.05) is 57.2 Å². The number of nitrogens with zero attached hydrogens (tertiary/aromatic N) is 9. The molecule has 0 saturated carbocycles. The number of hydrogen-bond acceptors (Lipinski definition) is 17. The standard InChI is InChI=1S/C26H33N5O5S.C25H31N5O3.C6H15N.C4H8O.CH3ClO2S/c1-29(22-10-12-30(13-11-22)16-19-8-9-24(35-2)25(14-19)36-3)26(32)31-17-23(27-18-31)20-6-5-7-21(15-20)28-37(4,33)34;1-28(25(31)30-16-22(27-17-30)19-5-4-6-20(26)14-19)21-9-11-29(12-10-21)15-18-7-8-23(32-2)24(13-18)33-3;1-4-7(5-2)6-3;1-2-4-5-3-1;1-5(2,3)4/h5-9,14-15,17-18,22,28H,10-13,16H2,1-4H3;4-8,13-14,16-17,21H,9-12,15,26H2,1-3H3;4-6H2,1-3H3;1-4H2;1H3. The number of amides is 2. The van der Waals surface area contributed by atoms with Gasteiger partial charge in [-0.05, 0) is 118 Å². The molecule has 2 aromatic heterocycles. The van der Waals surface area contributed by atoms with Gasteiger partial charge in [0.05, 0.1) is 52.3 Å². The van der Waals surface area contributed by atoms with Crippen LogP contribution in [-0.2, 0) is 36.9 Å². The van der Waals surface area contributed by atoms with Crippen molar-refractivity contribution in [1.29, 1.82) is 0 Å². The number of methoxy groups -OCH3 is 4. The van der Waals surface area contributed by atoms with Gasteiger partial charge < -0.3 is 44.1 Å². The van der Waals surface area contributed by atoms with Crippen LogP contribution in [0.2, 0.25) is 0 Å². The number of nitrogens with one attached hydrogen (secondary N) is 1. The maximum absolute atomic E-state index is 13.2. The number of nitrogens with two attached hydrogens (primary N) is 1. The van der Waals surface area contributed by atoms with E-state index in [1.54, 1.807) is 74.8 Å². The van der Waals surface area contributed by atoms with Crippen molar-refractivity contribution < 1.29 is 50.1 Å². The summed E-state index contributed by atoms with van der Waals surface area (Å²) in [5.74, 6) is 2.91. The van der Waals surface area contributed by atoms with Gasteiger partial charge in [0, 0.05) is 124 Å². The molecule has 3 saturated heterocycles. The molecule has 22 nitrogen and oxygen atoms in total. The molecule has 9 rings (SSSR count). The summed E-state index contributed by atoms with van der Waals surface area (Å²) in [6.07, 6.45) is 14.7. The maximum Gasteiger partial charge on any atom is 0.329 e. The second kappa shape index (κ2) is 35.2. The maximum atomic E-state index is 13.2. The molecule has 6 aromatic rings. The molecule has 2 amide bonds. The molecule has 25 heteroatoms. The number of halogens is 1. The van der Waals surface area contributed by atoms with Gasteiger partial charge in [-0.15, -0.1) is 0 Å². The van der Waals surface area contributed by atoms with Gasteiger partial charge in [0.25, 0.3) is 0 Å². The molecule has 87 heavy (non-hydrogen) atoms. The van der Waals surface area contributed by atoms with Crippen LogP contribution < -0.4 is 29.4 Å². The van der Waals surface area contributed by atoms with E-state index in [0.717, 1.165) is 125 Å². The molecule has 3 aliphatic rings. The van der Waals surface area contributed by atoms with E-state index in [9.17, 15) is 26.4 Å². The highest BCUT2D eigenvalue weighted by Gasteiger charge is 2.28. The molecular weight excluding hydrogens is 1170 g/mol. The monoisotopic (exact) mass is 1260 g/mol. The van der Waals surface area contributed by atoms with Crippen LogP contribution in [0.1, 0.15) is 70.4 Å². The van der Waals surface area contributed by atoms with Crippen molar-refractivity contribution in [2.75, 3.05) is 125 Å². The smallest absolute Gasteiger partial charge is 0.329 e. The van der Waals surface area contributed by atoms with Crippen LogP contribution in [0.25, 0.3) is 22.5 Å². The Labute approximate surface area is 519 Å². The highest BCUT2D eigenvalue weighted by atomic mass is 35.7. The molecule has 0 bridgehead atoms.